The van der Waals surface area contributed by atoms with Crippen LogP contribution in [0, 0.1) is 11.3 Å². The van der Waals surface area contributed by atoms with E-state index in [1.54, 1.807) is 18.5 Å². The first kappa shape index (κ1) is 11.4. The molecule has 17 heavy (non-hydrogen) atoms. The summed E-state index contributed by atoms with van der Waals surface area (Å²) in [5, 5.41) is 19.6. The SMILES string of the molecule is Cn1cnnc1CCNCc1ccc(C#N)o1. The van der Waals surface area contributed by atoms with Gasteiger partial charge in [-0.1, -0.05) is 0 Å². The van der Waals surface area contributed by atoms with Crippen LogP contribution in [0.5, 0.6) is 0 Å². The quantitative estimate of drug-likeness (QED) is 0.763. The van der Waals surface area contributed by atoms with Crippen molar-refractivity contribution in [2.45, 2.75) is 13.0 Å². The predicted molar refractivity (Wildman–Crippen MR) is 59.8 cm³/mol. The van der Waals surface area contributed by atoms with Crippen LogP contribution in [0.4, 0.5) is 0 Å². The molecule has 6 nitrogen and oxygen atoms in total. The Morgan fingerprint density at radius 1 is 1.53 bits per heavy atom. The molecule has 0 aliphatic carbocycles. The lowest BCUT2D eigenvalue weighted by Crippen LogP contribution is -2.17. The summed E-state index contributed by atoms with van der Waals surface area (Å²) in [5.41, 5.74) is 0. The van der Waals surface area contributed by atoms with E-state index in [9.17, 15) is 0 Å². The topological polar surface area (TPSA) is 79.7 Å². The molecule has 0 aliphatic rings. The molecule has 2 heterocycles. The van der Waals surface area contributed by atoms with E-state index in [-0.39, 0.29) is 0 Å². The highest BCUT2D eigenvalue weighted by molar-refractivity contribution is 5.18. The molecule has 0 amide bonds. The molecule has 0 fully saturated rings. The first-order chi connectivity index (χ1) is 8.29. The van der Waals surface area contributed by atoms with Gasteiger partial charge in [-0.05, 0) is 12.1 Å². The van der Waals surface area contributed by atoms with Crippen molar-refractivity contribution in [1.29, 1.82) is 5.26 Å². The highest BCUT2D eigenvalue weighted by atomic mass is 16.3. The van der Waals surface area contributed by atoms with Crippen molar-refractivity contribution in [3.63, 3.8) is 0 Å². The van der Waals surface area contributed by atoms with E-state index < -0.39 is 0 Å². The Kier molecular flexibility index (Phi) is 3.52. The van der Waals surface area contributed by atoms with Crippen LogP contribution in [-0.4, -0.2) is 21.3 Å². The van der Waals surface area contributed by atoms with Crippen molar-refractivity contribution in [2.24, 2.45) is 7.05 Å². The Balaban J connectivity index is 1.73. The molecule has 88 valence electrons. The smallest absolute Gasteiger partial charge is 0.203 e. The van der Waals surface area contributed by atoms with Crippen molar-refractivity contribution in [2.75, 3.05) is 6.54 Å². The second kappa shape index (κ2) is 5.27. The molecule has 2 aromatic heterocycles. The summed E-state index contributed by atoms with van der Waals surface area (Å²) >= 11 is 0. The van der Waals surface area contributed by atoms with E-state index in [1.807, 2.05) is 17.7 Å². The molecule has 2 aromatic rings. The minimum atomic E-state index is 0.343. The number of hydrogen-bond donors (Lipinski definition) is 1. The van der Waals surface area contributed by atoms with Crippen molar-refractivity contribution in [1.82, 2.24) is 20.1 Å². The van der Waals surface area contributed by atoms with E-state index in [4.69, 9.17) is 9.68 Å². The second-order valence-electron chi connectivity index (χ2n) is 3.66. The number of nitrogens with zero attached hydrogens (tertiary/aromatic N) is 4. The zero-order valence-electron chi connectivity index (χ0n) is 9.55. The van der Waals surface area contributed by atoms with E-state index in [0.717, 1.165) is 24.6 Å². The fraction of sp³-hybridized carbons (Fsp3) is 0.364. The molecule has 0 aromatic carbocycles. The van der Waals surface area contributed by atoms with Gasteiger partial charge in [0.25, 0.3) is 0 Å². The van der Waals surface area contributed by atoms with E-state index in [0.29, 0.717) is 12.3 Å². The van der Waals surface area contributed by atoms with Crippen molar-refractivity contribution >= 4 is 0 Å². The van der Waals surface area contributed by atoms with Crippen LogP contribution >= 0.6 is 0 Å². The van der Waals surface area contributed by atoms with Gasteiger partial charge >= 0.3 is 0 Å². The first-order valence-corrected chi connectivity index (χ1v) is 5.32. The first-order valence-electron chi connectivity index (χ1n) is 5.32. The molecular formula is C11H13N5O. The molecule has 0 unspecified atom stereocenters. The summed E-state index contributed by atoms with van der Waals surface area (Å²) in [6.07, 6.45) is 2.49. The highest BCUT2D eigenvalue weighted by Crippen LogP contribution is 2.05. The van der Waals surface area contributed by atoms with Crippen molar-refractivity contribution in [3.8, 4) is 6.07 Å². The van der Waals surface area contributed by atoms with Gasteiger partial charge in [0, 0.05) is 20.0 Å². The summed E-state index contributed by atoms with van der Waals surface area (Å²) in [6, 6.07) is 5.42. The third kappa shape index (κ3) is 2.92. The number of furan rings is 1. The number of nitriles is 1. The van der Waals surface area contributed by atoms with Gasteiger partial charge in [0.2, 0.25) is 5.76 Å². The fourth-order valence-electron chi connectivity index (χ4n) is 1.48. The van der Waals surface area contributed by atoms with Crippen LogP contribution in [0.1, 0.15) is 17.3 Å². The minimum Gasteiger partial charge on any atom is -0.449 e. The predicted octanol–water partition coefficient (Wildman–Crippen LogP) is 0.612. The lowest BCUT2D eigenvalue weighted by Gasteiger charge is -2.02. The molecule has 0 atom stereocenters. The number of nitrogens with one attached hydrogen (secondary N) is 1. The van der Waals surface area contributed by atoms with Crippen LogP contribution in [-0.2, 0) is 20.0 Å². The molecule has 0 aliphatic heterocycles. The molecule has 6 heteroatoms. The van der Waals surface area contributed by atoms with Crippen LogP contribution in [0.15, 0.2) is 22.9 Å². The average Bonchev–Trinajstić information content (AvgIpc) is 2.94. The maximum Gasteiger partial charge on any atom is 0.203 e. The van der Waals surface area contributed by atoms with Crippen LogP contribution < -0.4 is 5.32 Å². The number of rotatable bonds is 5. The Morgan fingerprint density at radius 2 is 2.41 bits per heavy atom. The maximum atomic E-state index is 8.60. The fourth-order valence-corrected chi connectivity index (χ4v) is 1.48. The van der Waals surface area contributed by atoms with Gasteiger partial charge in [0.1, 0.15) is 24.0 Å². The van der Waals surface area contributed by atoms with Gasteiger partial charge in [-0.2, -0.15) is 5.26 Å². The molecule has 0 saturated carbocycles. The maximum absolute atomic E-state index is 8.60. The molecular weight excluding hydrogens is 218 g/mol. The molecule has 1 N–H and O–H groups in total. The normalized spacial score (nSPS) is 10.4. The van der Waals surface area contributed by atoms with Gasteiger partial charge in [-0.3, -0.25) is 0 Å². The number of aryl methyl sites for hydroxylation is 1. The molecule has 0 bridgehead atoms. The van der Waals surface area contributed by atoms with Gasteiger partial charge in [0.15, 0.2) is 0 Å². The number of aromatic nitrogens is 3. The highest BCUT2D eigenvalue weighted by Gasteiger charge is 2.02. The Hall–Kier alpha value is -2.13. The monoisotopic (exact) mass is 231 g/mol. The van der Waals surface area contributed by atoms with E-state index >= 15 is 0 Å². The zero-order chi connectivity index (χ0) is 12.1. The zero-order valence-corrected chi connectivity index (χ0v) is 9.55. The lowest BCUT2D eigenvalue weighted by molar-refractivity contribution is 0.473. The van der Waals surface area contributed by atoms with E-state index in [2.05, 4.69) is 15.5 Å². The molecule has 0 spiro atoms. The summed E-state index contributed by atoms with van der Waals surface area (Å²) in [6.45, 7) is 1.40. The van der Waals surface area contributed by atoms with Crippen molar-refractivity contribution in [3.05, 3.63) is 35.8 Å². The Labute approximate surface area is 98.9 Å². The second-order valence-corrected chi connectivity index (χ2v) is 3.66. The van der Waals surface area contributed by atoms with Crippen molar-refractivity contribution < 1.29 is 4.42 Å². The van der Waals surface area contributed by atoms with Gasteiger partial charge in [-0.25, -0.2) is 0 Å². The third-order valence-corrected chi connectivity index (χ3v) is 2.40. The van der Waals surface area contributed by atoms with Crippen LogP contribution in [0.2, 0.25) is 0 Å². The van der Waals surface area contributed by atoms with Gasteiger partial charge in [0.05, 0.1) is 6.54 Å². The number of hydrogen-bond acceptors (Lipinski definition) is 5. The van der Waals surface area contributed by atoms with E-state index in [1.165, 1.54) is 0 Å². The molecule has 0 radical (unpaired) electrons. The van der Waals surface area contributed by atoms with Gasteiger partial charge < -0.3 is 14.3 Å². The third-order valence-electron chi connectivity index (χ3n) is 2.40. The summed E-state index contributed by atoms with van der Waals surface area (Å²) in [5.74, 6) is 2.05. The molecule has 2 rings (SSSR count). The summed E-state index contributed by atoms with van der Waals surface area (Å²) in [7, 11) is 1.92. The molecule has 0 saturated heterocycles. The Bertz CT molecular complexity index is 522. The van der Waals surface area contributed by atoms with Crippen LogP contribution in [0.25, 0.3) is 0 Å². The minimum absolute atomic E-state index is 0.343. The van der Waals surface area contributed by atoms with Gasteiger partial charge in [-0.15, -0.1) is 10.2 Å². The average molecular weight is 231 g/mol. The Morgan fingerprint density at radius 3 is 3.06 bits per heavy atom. The largest absolute Gasteiger partial charge is 0.449 e. The standard InChI is InChI=1S/C11H13N5O/c1-16-8-14-15-11(16)4-5-13-7-10-3-2-9(6-12)17-10/h2-3,8,13H,4-5,7H2,1H3. The summed E-state index contributed by atoms with van der Waals surface area (Å²) in [4.78, 5) is 0. The summed E-state index contributed by atoms with van der Waals surface area (Å²) < 4.78 is 7.13. The van der Waals surface area contributed by atoms with Crippen LogP contribution in [0.3, 0.4) is 0 Å². The lowest BCUT2D eigenvalue weighted by atomic mass is 10.3.